The van der Waals surface area contributed by atoms with E-state index in [2.05, 4.69) is 44.4 Å². The molecule has 0 radical (unpaired) electrons. The van der Waals surface area contributed by atoms with E-state index in [0.29, 0.717) is 0 Å². The molecule has 2 nitrogen and oxygen atoms in total. The lowest BCUT2D eigenvalue weighted by atomic mass is 10.1. The molecule has 0 aliphatic rings. The summed E-state index contributed by atoms with van der Waals surface area (Å²) in [5.74, 6) is 0.830. The summed E-state index contributed by atoms with van der Waals surface area (Å²) in [6, 6.07) is 0. The van der Waals surface area contributed by atoms with E-state index in [0.717, 1.165) is 5.92 Å². The summed E-state index contributed by atoms with van der Waals surface area (Å²) < 4.78 is 0. The predicted molar refractivity (Wildman–Crippen MR) is 143 cm³/mol. The second-order valence-electron chi connectivity index (χ2n) is 10.2. The highest BCUT2D eigenvalue weighted by atomic mass is 15.2. The van der Waals surface area contributed by atoms with Gasteiger partial charge in [0.2, 0.25) is 0 Å². The van der Waals surface area contributed by atoms with Crippen molar-refractivity contribution in [2.75, 3.05) is 39.3 Å². The zero-order valence-electron chi connectivity index (χ0n) is 22.7. The van der Waals surface area contributed by atoms with Gasteiger partial charge in [-0.1, -0.05) is 131 Å². The van der Waals surface area contributed by atoms with E-state index in [9.17, 15) is 0 Å². The first-order chi connectivity index (χ1) is 15.2. The van der Waals surface area contributed by atoms with Crippen LogP contribution in [0.25, 0.3) is 0 Å². The molecule has 0 amide bonds. The summed E-state index contributed by atoms with van der Waals surface area (Å²) in [4.78, 5) is 5.48. The lowest BCUT2D eigenvalue weighted by molar-refractivity contribution is 0.184. The molecule has 1 unspecified atom stereocenters. The Hall–Kier alpha value is -0.0800. The van der Waals surface area contributed by atoms with Crippen LogP contribution >= 0.6 is 0 Å². The number of nitrogens with zero attached hydrogens (tertiary/aromatic N) is 2. The first kappa shape index (κ1) is 30.9. The third-order valence-corrected chi connectivity index (χ3v) is 7.10. The second kappa shape index (κ2) is 24.6. The third kappa shape index (κ3) is 21.5. The zero-order chi connectivity index (χ0) is 23.0. The molecule has 31 heavy (non-hydrogen) atoms. The highest BCUT2D eigenvalue weighted by Gasteiger charge is 2.11. The highest BCUT2D eigenvalue weighted by molar-refractivity contribution is 4.66. The van der Waals surface area contributed by atoms with Crippen LogP contribution in [0.4, 0.5) is 0 Å². The third-order valence-electron chi connectivity index (χ3n) is 7.10. The fourth-order valence-electron chi connectivity index (χ4n) is 4.51. The number of unbranched alkanes of at least 4 members (excludes halogenated alkanes) is 14. The molecule has 0 aliphatic heterocycles. The smallest absolute Gasteiger partial charge is 0.0109 e. The summed E-state index contributed by atoms with van der Waals surface area (Å²) in [5.41, 5.74) is 0. The minimum atomic E-state index is 0.830. The first-order valence-corrected chi connectivity index (χ1v) is 14.6. The van der Waals surface area contributed by atoms with Crippen LogP contribution in [-0.2, 0) is 0 Å². The van der Waals surface area contributed by atoms with Crippen LogP contribution in [0.15, 0.2) is 0 Å². The summed E-state index contributed by atoms with van der Waals surface area (Å²) >= 11 is 0. The molecule has 0 aromatic heterocycles. The van der Waals surface area contributed by atoms with Crippen LogP contribution in [0, 0.1) is 5.92 Å². The Labute approximate surface area is 198 Å². The van der Waals surface area contributed by atoms with E-state index in [4.69, 9.17) is 0 Å². The van der Waals surface area contributed by atoms with Gasteiger partial charge in [0.05, 0.1) is 0 Å². The van der Waals surface area contributed by atoms with Crippen molar-refractivity contribution in [3.05, 3.63) is 0 Å². The van der Waals surface area contributed by atoms with Crippen molar-refractivity contribution in [1.82, 2.24) is 9.80 Å². The lowest BCUT2D eigenvalue weighted by Gasteiger charge is -2.29. The van der Waals surface area contributed by atoms with E-state index in [-0.39, 0.29) is 0 Å². The molecule has 1 atom stereocenters. The largest absolute Gasteiger partial charge is 0.302 e. The fraction of sp³-hybridized carbons (Fsp3) is 1.00. The molecule has 0 saturated carbocycles. The Morgan fingerprint density at radius 1 is 0.452 bits per heavy atom. The van der Waals surface area contributed by atoms with Gasteiger partial charge in [-0.15, -0.1) is 0 Å². The predicted octanol–water partition coefficient (Wildman–Crippen LogP) is 8.94. The SMILES string of the molecule is CCCCCCCCCCCN(CCN(CC)CCCCCCCCC)CC(C)CC. The number of hydrogen-bond donors (Lipinski definition) is 0. The highest BCUT2D eigenvalue weighted by Crippen LogP contribution is 2.12. The van der Waals surface area contributed by atoms with Crippen LogP contribution < -0.4 is 0 Å². The molecule has 0 bridgehead atoms. The molecule has 2 heteroatoms. The van der Waals surface area contributed by atoms with Gasteiger partial charge in [0.15, 0.2) is 0 Å². The number of hydrogen-bond acceptors (Lipinski definition) is 2. The molecule has 0 aliphatic carbocycles. The van der Waals surface area contributed by atoms with Gasteiger partial charge in [-0.25, -0.2) is 0 Å². The Kier molecular flexibility index (Phi) is 24.5. The van der Waals surface area contributed by atoms with Crippen LogP contribution in [-0.4, -0.2) is 49.1 Å². The van der Waals surface area contributed by atoms with Crippen molar-refractivity contribution in [3.63, 3.8) is 0 Å². The quantitative estimate of drug-likeness (QED) is 0.131. The molecule has 0 fully saturated rings. The van der Waals surface area contributed by atoms with Crippen molar-refractivity contribution >= 4 is 0 Å². The minimum Gasteiger partial charge on any atom is -0.302 e. The van der Waals surface area contributed by atoms with Gasteiger partial charge in [0.1, 0.15) is 0 Å². The second-order valence-corrected chi connectivity index (χ2v) is 10.2. The maximum absolute atomic E-state index is 2.78. The Morgan fingerprint density at radius 2 is 0.839 bits per heavy atom. The van der Waals surface area contributed by atoms with E-state index < -0.39 is 0 Å². The molecule has 0 aromatic rings. The van der Waals surface area contributed by atoms with Crippen LogP contribution in [0.5, 0.6) is 0 Å². The molecule has 0 heterocycles. The monoisotopic (exact) mass is 438 g/mol. The maximum atomic E-state index is 2.78. The van der Waals surface area contributed by atoms with Crippen molar-refractivity contribution in [1.29, 1.82) is 0 Å². The average molecular weight is 439 g/mol. The summed E-state index contributed by atoms with van der Waals surface area (Å²) in [6.45, 7) is 19.4. The van der Waals surface area contributed by atoms with Crippen molar-refractivity contribution in [2.24, 2.45) is 5.92 Å². The van der Waals surface area contributed by atoms with Crippen LogP contribution in [0.1, 0.15) is 144 Å². The number of rotatable bonds is 25. The number of likely N-dealkylation sites (N-methyl/N-ethyl adjacent to an activating group) is 1. The maximum Gasteiger partial charge on any atom is 0.0109 e. The Balaban J connectivity index is 3.99. The van der Waals surface area contributed by atoms with Gasteiger partial charge in [-0.3, -0.25) is 0 Å². The van der Waals surface area contributed by atoms with Gasteiger partial charge in [-0.2, -0.15) is 0 Å². The summed E-state index contributed by atoms with van der Waals surface area (Å²) in [7, 11) is 0. The van der Waals surface area contributed by atoms with E-state index in [1.165, 1.54) is 148 Å². The van der Waals surface area contributed by atoms with Gasteiger partial charge in [0.25, 0.3) is 0 Å². The van der Waals surface area contributed by atoms with Crippen molar-refractivity contribution in [2.45, 2.75) is 144 Å². The van der Waals surface area contributed by atoms with Crippen molar-refractivity contribution in [3.8, 4) is 0 Å². The first-order valence-electron chi connectivity index (χ1n) is 14.6. The van der Waals surface area contributed by atoms with E-state index in [1.54, 1.807) is 0 Å². The standard InChI is InChI=1S/C29H62N2/c1-6-10-12-14-16-17-19-21-23-25-31(28-29(5)8-3)27-26-30(9-4)24-22-20-18-15-13-11-7-2/h29H,6-28H2,1-5H3. The minimum absolute atomic E-state index is 0.830. The molecule has 188 valence electrons. The zero-order valence-corrected chi connectivity index (χ0v) is 22.7. The average Bonchev–Trinajstić information content (AvgIpc) is 2.78. The van der Waals surface area contributed by atoms with E-state index in [1.807, 2.05) is 0 Å². The molecule has 0 spiro atoms. The molecule has 0 rings (SSSR count). The van der Waals surface area contributed by atoms with Gasteiger partial charge in [0, 0.05) is 19.6 Å². The molecule has 0 saturated heterocycles. The molecular formula is C29H62N2. The van der Waals surface area contributed by atoms with Gasteiger partial charge < -0.3 is 9.80 Å². The topological polar surface area (TPSA) is 6.48 Å². The van der Waals surface area contributed by atoms with Crippen molar-refractivity contribution < 1.29 is 0 Å². The Morgan fingerprint density at radius 3 is 1.26 bits per heavy atom. The normalized spacial score (nSPS) is 12.9. The lowest BCUT2D eigenvalue weighted by Crippen LogP contribution is -2.38. The Bertz CT molecular complexity index is 331. The van der Waals surface area contributed by atoms with Gasteiger partial charge >= 0.3 is 0 Å². The summed E-state index contributed by atoms with van der Waals surface area (Å²) in [6.07, 6.45) is 24.1. The molecular weight excluding hydrogens is 376 g/mol. The molecule has 0 N–H and O–H groups in total. The van der Waals surface area contributed by atoms with Crippen LogP contribution in [0.2, 0.25) is 0 Å². The van der Waals surface area contributed by atoms with Crippen LogP contribution in [0.3, 0.4) is 0 Å². The summed E-state index contributed by atoms with van der Waals surface area (Å²) in [5, 5.41) is 0. The molecule has 0 aromatic carbocycles. The fourth-order valence-corrected chi connectivity index (χ4v) is 4.51. The van der Waals surface area contributed by atoms with E-state index >= 15 is 0 Å². The van der Waals surface area contributed by atoms with Gasteiger partial charge in [-0.05, 0) is 38.4 Å².